The molecule has 27 nitrogen and oxygen atoms in total. The van der Waals surface area contributed by atoms with Gasteiger partial charge in [0.15, 0.2) is 0 Å². The summed E-state index contributed by atoms with van der Waals surface area (Å²) in [5, 5.41) is 46.8. The van der Waals surface area contributed by atoms with E-state index in [2.05, 4.69) is 58.2 Å². The third-order valence-corrected chi connectivity index (χ3v) is 14.3. The number of thioether (sulfide) groups is 1. The molecule has 1 aromatic carbocycles. The highest BCUT2D eigenvalue weighted by Gasteiger charge is 2.44. The van der Waals surface area contributed by atoms with Gasteiger partial charge in [0.2, 0.25) is 65.0 Å². The quantitative estimate of drug-likeness (QED) is 0.0907. The van der Waals surface area contributed by atoms with E-state index in [1.54, 1.807) is 33.8 Å². The molecule has 0 saturated carbocycles. The van der Waals surface area contributed by atoms with Crippen molar-refractivity contribution >= 4 is 99.3 Å². The smallest absolute Gasteiger partial charge is 0.305 e. The first kappa shape index (κ1) is 58.6. The summed E-state index contributed by atoms with van der Waals surface area (Å²) in [6.07, 6.45) is -2.31. The summed E-state index contributed by atoms with van der Waals surface area (Å²) in [4.78, 5) is 167. The zero-order valence-electron chi connectivity index (χ0n) is 42.2. The van der Waals surface area contributed by atoms with Crippen LogP contribution in [0.3, 0.4) is 0 Å². The molecular formula is C47H67N13O14S. The summed E-state index contributed by atoms with van der Waals surface area (Å²) in [7, 11) is 0. The van der Waals surface area contributed by atoms with Crippen LogP contribution in [0.4, 0.5) is 5.69 Å². The number of fused-ring (bicyclic) bond motifs is 5. The number of nitrogens with one attached hydrogen (secondary N) is 11. The van der Waals surface area contributed by atoms with E-state index >= 15 is 0 Å². The number of amides is 11. The zero-order valence-corrected chi connectivity index (χ0v) is 43.0. The van der Waals surface area contributed by atoms with Crippen molar-refractivity contribution in [3.05, 3.63) is 23.8 Å². The highest BCUT2D eigenvalue weighted by molar-refractivity contribution is 7.99. The number of aromatic amines is 1. The Balaban J connectivity index is 1.65. The van der Waals surface area contributed by atoms with Crippen molar-refractivity contribution in [1.82, 2.24) is 57.7 Å². The number of H-pyrrole nitrogens is 1. The van der Waals surface area contributed by atoms with Crippen LogP contribution in [-0.4, -0.2) is 178 Å². The number of hydrogen-bond donors (Lipinski definition) is 14. The van der Waals surface area contributed by atoms with Crippen molar-refractivity contribution in [2.45, 2.75) is 127 Å². The molecule has 10 atom stereocenters. The number of anilines is 1. The summed E-state index contributed by atoms with van der Waals surface area (Å²) in [5.74, 6) is -12.1. The van der Waals surface area contributed by atoms with Crippen LogP contribution in [-0.2, 0) is 64.0 Å². The minimum absolute atomic E-state index is 0.0110. The minimum Gasteiger partial charge on any atom is -0.481 e. The second kappa shape index (κ2) is 26.8. The topological polar surface area (TPSA) is 411 Å². The standard InChI is InChI=1S/C47H67N13O14S/c1-6-21(3)38-44(72)51-17-35(64)54-31-20-75-46-27(26-12-24(8-9-28(26)57-46)53-34(63)16-49-40(68)23(5)52-33(62)10-11-48)14-29(41(69)50-18-36(65)58-38)55-45(73)39(22(4)7-2)59-43(71)32-13-25(61)19-60(32)47(74)30(15-37(66)67)56-42(31)70/h8-9,12,21-23,25,29-32,38-39,57,61H,6-7,10-11,13-20,48H2,1-5H3,(H,49,68)(H,50,69)(H,51,72)(H,52,62)(H,53,63)(H,54,64)(H,55,73)(H,56,70)(H,58,65)(H,59,71)(H,66,67)/t21-,22?,23?,25+,29-,30-,31-,32-,38-,39-/m0/s1. The van der Waals surface area contributed by atoms with Crippen LogP contribution in [0.25, 0.3) is 10.9 Å². The van der Waals surface area contributed by atoms with Crippen LogP contribution in [0, 0.1) is 11.8 Å². The molecule has 1 aromatic heterocycles. The number of carboxylic acid groups (broad SMARTS) is 1. The van der Waals surface area contributed by atoms with Crippen molar-refractivity contribution in [1.29, 1.82) is 0 Å². The molecule has 11 amide bonds. The van der Waals surface area contributed by atoms with Crippen LogP contribution in [0.15, 0.2) is 23.2 Å². The number of carbonyl (C=O) groups is 12. The number of carbonyl (C=O) groups excluding carboxylic acids is 11. The first-order valence-electron chi connectivity index (χ1n) is 24.6. The van der Waals surface area contributed by atoms with Gasteiger partial charge in [-0.2, -0.15) is 0 Å². The molecule has 0 spiro atoms. The fourth-order valence-electron chi connectivity index (χ4n) is 8.53. The highest BCUT2D eigenvalue weighted by Crippen LogP contribution is 2.34. The van der Waals surface area contributed by atoms with Gasteiger partial charge in [0.1, 0.15) is 42.3 Å². The maximum absolute atomic E-state index is 14.6. The lowest BCUT2D eigenvalue weighted by Gasteiger charge is -2.31. The van der Waals surface area contributed by atoms with Gasteiger partial charge in [0.05, 0.1) is 37.2 Å². The molecular weight excluding hydrogens is 1000 g/mol. The fraction of sp³-hybridized carbons (Fsp3) is 0.574. The normalized spacial score (nSPS) is 24.8. The lowest BCUT2D eigenvalue weighted by atomic mass is 9.96. The van der Waals surface area contributed by atoms with Crippen molar-refractivity contribution in [3.63, 3.8) is 0 Å². The van der Waals surface area contributed by atoms with Gasteiger partial charge < -0.3 is 79.0 Å². The Hall–Kier alpha value is -7.33. The van der Waals surface area contributed by atoms with E-state index in [9.17, 15) is 67.7 Å². The van der Waals surface area contributed by atoms with Gasteiger partial charge in [-0.25, -0.2) is 0 Å². The third-order valence-electron chi connectivity index (χ3n) is 13.1. The number of aromatic nitrogens is 1. The molecule has 2 bridgehead atoms. The second-order valence-electron chi connectivity index (χ2n) is 18.8. The predicted octanol–water partition coefficient (Wildman–Crippen LogP) is -4.08. The Morgan fingerprint density at radius 1 is 0.800 bits per heavy atom. The van der Waals surface area contributed by atoms with E-state index < -0.39 is 164 Å². The summed E-state index contributed by atoms with van der Waals surface area (Å²) >= 11 is 0.927. The summed E-state index contributed by atoms with van der Waals surface area (Å²) in [6, 6.07) is -5.46. The van der Waals surface area contributed by atoms with Crippen LogP contribution in [0.1, 0.15) is 72.3 Å². The van der Waals surface area contributed by atoms with Gasteiger partial charge in [-0.15, -0.1) is 11.8 Å². The van der Waals surface area contributed by atoms with Crippen LogP contribution >= 0.6 is 11.8 Å². The molecule has 2 aromatic rings. The average molecular weight is 1070 g/mol. The Kier molecular flexibility index (Phi) is 20.9. The van der Waals surface area contributed by atoms with Crippen LogP contribution < -0.4 is 58.9 Å². The minimum atomic E-state index is -1.85. The van der Waals surface area contributed by atoms with E-state index in [1.165, 1.54) is 19.1 Å². The van der Waals surface area contributed by atoms with Gasteiger partial charge >= 0.3 is 5.97 Å². The van der Waals surface area contributed by atoms with Crippen molar-refractivity contribution in [3.8, 4) is 0 Å². The molecule has 15 N–H and O–H groups in total. The molecule has 0 radical (unpaired) electrons. The number of hydrogen-bond acceptors (Lipinski definition) is 15. The highest BCUT2D eigenvalue weighted by atomic mass is 32.2. The van der Waals surface area contributed by atoms with Gasteiger partial charge in [0, 0.05) is 54.7 Å². The first-order valence-corrected chi connectivity index (χ1v) is 25.6. The van der Waals surface area contributed by atoms with E-state index in [0.29, 0.717) is 29.3 Å². The van der Waals surface area contributed by atoms with Crippen molar-refractivity contribution in [2.75, 3.05) is 43.8 Å². The molecule has 5 rings (SSSR count). The van der Waals surface area contributed by atoms with E-state index in [-0.39, 0.29) is 42.3 Å². The Morgan fingerprint density at radius 3 is 2.11 bits per heavy atom. The second-order valence-corrected chi connectivity index (χ2v) is 19.8. The van der Waals surface area contributed by atoms with Gasteiger partial charge in [0.25, 0.3) is 0 Å². The number of aliphatic carboxylic acids is 1. The maximum Gasteiger partial charge on any atom is 0.305 e. The largest absolute Gasteiger partial charge is 0.481 e. The van der Waals surface area contributed by atoms with Crippen LogP contribution in [0.2, 0.25) is 0 Å². The molecule has 3 aliphatic rings. The van der Waals surface area contributed by atoms with Gasteiger partial charge in [-0.05, 0) is 42.5 Å². The molecule has 1 fully saturated rings. The SMILES string of the molecule is CCC(C)[C@@H]1NC(=O)[C@@H]2C[C@@H](O)CN2C(=O)[C@H](CC(=O)O)NC(=O)[C@@H]2CSc3[nH]c4ccc(NC(=O)CNC(=O)C(C)NC(=O)CCN)cc4c3C[C@H](NC1=O)C(=O)NCC(=O)N[C@@H]([C@@H](C)CC)C(=O)NCC(=O)N2. The van der Waals surface area contributed by atoms with E-state index in [0.717, 1.165) is 16.7 Å². The molecule has 410 valence electrons. The predicted molar refractivity (Wildman–Crippen MR) is 269 cm³/mol. The fourth-order valence-corrected chi connectivity index (χ4v) is 9.65. The Labute approximate surface area is 435 Å². The maximum atomic E-state index is 14.6. The summed E-state index contributed by atoms with van der Waals surface area (Å²) in [6.45, 7) is 5.93. The third kappa shape index (κ3) is 15.8. The Morgan fingerprint density at radius 2 is 1.45 bits per heavy atom. The van der Waals surface area contributed by atoms with Crippen molar-refractivity contribution in [2.24, 2.45) is 17.6 Å². The molecule has 28 heteroatoms. The Bertz CT molecular complexity index is 2540. The molecule has 4 heterocycles. The summed E-state index contributed by atoms with van der Waals surface area (Å²) < 4.78 is 0. The number of aliphatic hydroxyl groups excluding tert-OH is 1. The number of nitrogens with two attached hydrogens (primary N) is 1. The molecule has 3 aliphatic heterocycles. The van der Waals surface area contributed by atoms with Gasteiger partial charge in [-0.1, -0.05) is 40.5 Å². The summed E-state index contributed by atoms with van der Waals surface area (Å²) in [5.41, 5.74) is 6.29. The monoisotopic (exact) mass is 1070 g/mol. The number of nitrogens with zero attached hydrogens (tertiary/aromatic N) is 1. The zero-order chi connectivity index (χ0) is 55.3. The lowest BCUT2D eigenvalue weighted by Crippen LogP contribution is -2.61. The number of rotatable bonds is 13. The number of benzene rings is 1. The lowest BCUT2D eigenvalue weighted by molar-refractivity contribution is -0.146. The molecule has 2 unspecified atom stereocenters. The van der Waals surface area contributed by atoms with Crippen LogP contribution in [0.5, 0.6) is 0 Å². The van der Waals surface area contributed by atoms with E-state index in [4.69, 9.17) is 5.73 Å². The van der Waals surface area contributed by atoms with Crippen molar-refractivity contribution < 1.29 is 67.7 Å². The molecule has 1 saturated heterocycles. The van der Waals surface area contributed by atoms with Gasteiger partial charge in [-0.3, -0.25) is 57.5 Å². The van der Waals surface area contributed by atoms with E-state index in [1.807, 2.05) is 0 Å². The molecule has 75 heavy (non-hydrogen) atoms. The molecule has 0 aliphatic carbocycles. The average Bonchev–Trinajstić information content (AvgIpc) is 3.93. The number of aliphatic hydroxyl groups is 1. The first-order chi connectivity index (χ1) is 35.5. The number of carboxylic acids is 1.